The molecule has 0 amide bonds. The lowest BCUT2D eigenvalue weighted by atomic mass is 10.0. The van der Waals surface area contributed by atoms with E-state index in [0.717, 1.165) is 24.1 Å². The number of hydrogen-bond donors (Lipinski definition) is 1. The Morgan fingerprint density at radius 3 is 2.62 bits per heavy atom. The molecule has 0 aliphatic rings. The van der Waals surface area contributed by atoms with Crippen molar-refractivity contribution in [1.29, 1.82) is 0 Å². The molecule has 0 aliphatic carbocycles. The first-order chi connectivity index (χ1) is 11.8. The summed E-state index contributed by atoms with van der Waals surface area (Å²) in [4.78, 5) is 5.22. The van der Waals surface area contributed by atoms with Crippen molar-refractivity contribution in [2.24, 2.45) is 0 Å². The molecule has 4 nitrogen and oxygen atoms in total. The second-order valence-electron chi connectivity index (χ2n) is 5.89. The maximum absolute atomic E-state index is 10.2. The fourth-order valence-electron chi connectivity index (χ4n) is 2.66. The van der Waals surface area contributed by atoms with Crippen LogP contribution in [0.5, 0.6) is 0 Å². The van der Waals surface area contributed by atoms with Gasteiger partial charge in [0.05, 0.1) is 4.88 Å². The molecule has 1 atom stereocenters. The van der Waals surface area contributed by atoms with Crippen LogP contribution in [0.3, 0.4) is 0 Å². The zero-order chi connectivity index (χ0) is 16.6. The number of aromatic nitrogens is 2. The van der Waals surface area contributed by atoms with Crippen LogP contribution in [0.4, 0.5) is 0 Å². The average Bonchev–Trinajstić information content (AvgIpc) is 3.29. The van der Waals surface area contributed by atoms with Gasteiger partial charge in [0.15, 0.2) is 0 Å². The van der Waals surface area contributed by atoms with E-state index in [1.54, 1.807) is 11.3 Å². The summed E-state index contributed by atoms with van der Waals surface area (Å²) in [6.07, 6.45) is 5.60. The average molecular weight is 342 g/mol. The Kier molecular flexibility index (Phi) is 6.15. The van der Waals surface area contributed by atoms with E-state index in [0.29, 0.717) is 18.1 Å². The van der Waals surface area contributed by atoms with E-state index in [1.807, 2.05) is 23.6 Å². The highest BCUT2D eigenvalue weighted by Gasteiger charge is 2.16. The number of hydrogen-bond acceptors (Lipinski definition) is 5. The Labute approximate surface area is 146 Å². The fraction of sp³-hybridized carbons (Fsp3) is 0.368. The van der Waals surface area contributed by atoms with Gasteiger partial charge in [0.25, 0.3) is 5.89 Å². The summed E-state index contributed by atoms with van der Waals surface area (Å²) >= 11 is 1.55. The minimum atomic E-state index is -0.642. The van der Waals surface area contributed by atoms with Crippen LogP contribution in [0.2, 0.25) is 0 Å². The molecule has 0 saturated heterocycles. The predicted molar refractivity (Wildman–Crippen MR) is 95.8 cm³/mol. The van der Waals surface area contributed by atoms with Crippen molar-refractivity contribution >= 4 is 11.3 Å². The molecule has 3 aromatic rings. The van der Waals surface area contributed by atoms with Crippen LogP contribution in [-0.2, 0) is 6.42 Å². The van der Waals surface area contributed by atoms with E-state index in [2.05, 4.69) is 34.4 Å². The van der Waals surface area contributed by atoms with Gasteiger partial charge in [-0.3, -0.25) is 0 Å². The first kappa shape index (κ1) is 16.9. The van der Waals surface area contributed by atoms with Crippen LogP contribution in [0.15, 0.2) is 52.4 Å². The largest absolute Gasteiger partial charge is 0.385 e. The molecular formula is C19H22N2O2S. The summed E-state index contributed by atoms with van der Waals surface area (Å²) in [5, 5.41) is 16.0. The monoisotopic (exact) mass is 342 g/mol. The standard InChI is InChI=1S/C19H22N2O2S/c22-16(18-20-19(23-21-18)17-13-8-14-24-17)12-7-2-1-4-9-15-10-5-3-6-11-15/h3,5-6,8,10-11,13-14,16,22H,1-2,4,7,9,12H2. The van der Waals surface area contributed by atoms with E-state index < -0.39 is 6.10 Å². The van der Waals surface area contributed by atoms with Crippen LogP contribution in [0.25, 0.3) is 10.8 Å². The normalized spacial score (nSPS) is 12.4. The van der Waals surface area contributed by atoms with Crippen molar-refractivity contribution < 1.29 is 9.63 Å². The second kappa shape index (κ2) is 8.76. The molecule has 24 heavy (non-hydrogen) atoms. The van der Waals surface area contributed by atoms with Crippen LogP contribution in [-0.4, -0.2) is 15.2 Å². The lowest BCUT2D eigenvalue weighted by Gasteiger charge is -2.06. The molecule has 0 fully saturated rings. The zero-order valence-corrected chi connectivity index (χ0v) is 14.4. The van der Waals surface area contributed by atoms with Crippen LogP contribution >= 0.6 is 11.3 Å². The number of rotatable bonds is 9. The number of aliphatic hydroxyl groups is 1. The van der Waals surface area contributed by atoms with Crippen LogP contribution in [0, 0.1) is 0 Å². The number of aryl methyl sites for hydroxylation is 1. The molecule has 0 spiro atoms. The molecule has 1 unspecified atom stereocenters. The first-order valence-corrected chi connectivity index (χ1v) is 9.30. The minimum absolute atomic E-state index is 0.391. The molecule has 1 N–H and O–H groups in total. The Hall–Kier alpha value is -1.98. The van der Waals surface area contributed by atoms with Crippen molar-refractivity contribution in [2.45, 2.75) is 44.6 Å². The molecule has 2 heterocycles. The summed E-state index contributed by atoms with van der Waals surface area (Å²) in [6.45, 7) is 0. The van der Waals surface area contributed by atoms with Gasteiger partial charge in [-0.1, -0.05) is 60.8 Å². The molecule has 0 bridgehead atoms. The fourth-order valence-corrected chi connectivity index (χ4v) is 3.31. The summed E-state index contributed by atoms with van der Waals surface area (Å²) in [5.74, 6) is 0.879. The van der Waals surface area contributed by atoms with E-state index in [4.69, 9.17) is 4.52 Å². The van der Waals surface area contributed by atoms with Crippen LogP contribution < -0.4 is 0 Å². The van der Waals surface area contributed by atoms with Crippen molar-refractivity contribution in [3.8, 4) is 10.8 Å². The Morgan fingerprint density at radius 1 is 1.00 bits per heavy atom. The van der Waals surface area contributed by atoms with E-state index in [1.165, 1.54) is 18.4 Å². The van der Waals surface area contributed by atoms with Gasteiger partial charge in [0.1, 0.15) is 6.10 Å². The van der Waals surface area contributed by atoms with Gasteiger partial charge in [-0.15, -0.1) is 11.3 Å². The molecule has 0 saturated carbocycles. The summed E-state index contributed by atoms with van der Waals surface area (Å²) in [6, 6.07) is 14.4. The van der Waals surface area contributed by atoms with Crippen molar-refractivity contribution in [3.05, 3.63) is 59.2 Å². The maximum atomic E-state index is 10.2. The van der Waals surface area contributed by atoms with Gasteiger partial charge in [-0.05, 0) is 36.3 Å². The molecular weight excluding hydrogens is 320 g/mol. The molecule has 0 radical (unpaired) electrons. The highest BCUT2D eigenvalue weighted by atomic mass is 32.1. The molecule has 0 aliphatic heterocycles. The lowest BCUT2D eigenvalue weighted by Crippen LogP contribution is -2.00. The van der Waals surface area contributed by atoms with Gasteiger partial charge in [-0.25, -0.2) is 0 Å². The van der Waals surface area contributed by atoms with Crippen molar-refractivity contribution in [3.63, 3.8) is 0 Å². The maximum Gasteiger partial charge on any atom is 0.268 e. The number of benzene rings is 1. The first-order valence-electron chi connectivity index (χ1n) is 8.42. The van der Waals surface area contributed by atoms with Gasteiger partial charge >= 0.3 is 0 Å². The Morgan fingerprint density at radius 2 is 1.83 bits per heavy atom. The number of nitrogens with zero attached hydrogens (tertiary/aromatic N) is 2. The quantitative estimate of drug-likeness (QED) is 0.554. The summed E-state index contributed by atoms with van der Waals surface area (Å²) in [7, 11) is 0. The Bertz CT molecular complexity index is 710. The van der Waals surface area contributed by atoms with Gasteiger partial charge in [-0.2, -0.15) is 4.98 Å². The highest BCUT2D eigenvalue weighted by Crippen LogP contribution is 2.25. The van der Waals surface area contributed by atoms with E-state index in [9.17, 15) is 5.11 Å². The Balaban J connectivity index is 1.35. The number of thiophene rings is 1. The third-order valence-electron chi connectivity index (χ3n) is 4.01. The predicted octanol–water partition coefficient (Wildman–Crippen LogP) is 5.02. The molecule has 5 heteroatoms. The SMILES string of the molecule is OC(CCCCCCc1ccccc1)c1noc(-c2cccs2)n1. The van der Waals surface area contributed by atoms with Gasteiger partial charge in [0.2, 0.25) is 5.82 Å². The van der Waals surface area contributed by atoms with E-state index >= 15 is 0 Å². The molecule has 3 rings (SSSR count). The second-order valence-corrected chi connectivity index (χ2v) is 6.84. The van der Waals surface area contributed by atoms with Gasteiger partial charge < -0.3 is 9.63 Å². The van der Waals surface area contributed by atoms with Crippen molar-refractivity contribution in [1.82, 2.24) is 10.1 Å². The number of aliphatic hydroxyl groups excluding tert-OH is 1. The van der Waals surface area contributed by atoms with Crippen molar-refractivity contribution in [2.75, 3.05) is 0 Å². The minimum Gasteiger partial charge on any atom is -0.385 e. The third-order valence-corrected chi connectivity index (χ3v) is 4.87. The summed E-state index contributed by atoms with van der Waals surface area (Å²) < 4.78 is 5.21. The molecule has 126 valence electrons. The summed E-state index contributed by atoms with van der Waals surface area (Å²) in [5.41, 5.74) is 1.39. The smallest absolute Gasteiger partial charge is 0.268 e. The zero-order valence-electron chi connectivity index (χ0n) is 13.6. The highest BCUT2D eigenvalue weighted by molar-refractivity contribution is 7.13. The third kappa shape index (κ3) is 4.76. The number of unbranched alkanes of at least 4 members (excludes halogenated alkanes) is 3. The topological polar surface area (TPSA) is 59.2 Å². The lowest BCUT2D eigenvalue weighted by molar-refractivity contribution is 0.150. The van der Waals surface area contributed by atoms with Crippen LogP contribution in [0.1, 0.15) is 49.6 Å². The molecule has 2 aromatic heterocycles. The van der Waals surface area contributed by atoms with E-state index in [-0.39, 0.29) is 0 Å². The van der Waals surface area contributed by atoms with Gasteiger partial charge in [0, 0.05) is 0 Å². The molecule has 1 aromatic carbocycles.